The molecular weight excluding hydrogens is 438 g/mol. The van der Waals surface area contributed by atoms with Gasteiger partial charge in [-0.05, 0) is 68.6 Å². The van der Waals surface area contributed by atoms with Crippen LogP contribution in [0, 0.1) is 0 Å². The largest absolute Gasteiger partial charge is 0.507 e. The zero-order valence-corrected chi connectivity index (χ0v) is 19.5. The van der Waals surface area contributed by atoms with Gasteiger partial charge in [0.2, 0.25) is 0 Å². The maximum Gasteiger partial charge on any atom is 0.300 e. The lowest BCUT2D eigenvalue weighted by Gasteiger charge is -2.24. The third-order valence-corrected chi connectivity index (χ3v) is 6.09. The molecule has 3 aromatic rings. The van der Waals surface area contributed by atoms with Crippen molar-refractivity contribution in [1.29, 1.82) is 0 Å². The minimum absolute atomic E-state index is 0.0149. The molecule has 1 aliphatic rings. The van der Waals surface area contributed by atoms with Gasteiger partial charge in [0.25, 0.3) is 11.7 Å². The molecule has 1 amide bonds. The third kappa shape index (κ3) is 4.50. The normalized spacial score (nSPS) is 17.6. The molecule has 1 fully saturated rings. The summed E-state index contributed by atoms with van der Waals surface area (Å²) < 4.78 is 11.2. The number of ether oxygens (including phenoxy) is 2. The molecule has 1 saturated heterocycles. The number of aliphatic hydroxyl groups is 1. The van der Waals surface area contributed by atoms with Crippen molar-refractivity contribution in [3.8, 4) is 11.5 Å². The van der Waals surface area contributed by atoms with Crippen LogP contribution in [0.25, 0.3) is 5.76 Å². The first-order chi connectivity index (χ1) is 15.9. The van der Waals surface area contributed by atoms with E-state index in [1.165, 1.54) is 16.2 Å². The summed E-state index contributed by atoms with van der Waals surface area (Å²) in [6.07, 6.45) is 0.0149. The van der Waals surface area contributed by atoms with Crippen LogP contribution in [0.15, 0.2) is 71.6 Å². The van der Waals surface area contributed by atoms with Gasteiger partial charge in [-0.25, -0.2) is 0 Å². The zero-order chi connectivity index (χ0) is 23.5. The lowest BCUT2D eigenvalue weighted by atomic mass is 9.99. The number of hydrogen-bond acceptors (Lipinski definition) is 6. The van der Waals surface area contributed by atoms with Crippen LogP contribution >= 0.6 is 11.3 Å². The highest BCUT2D eigenvalue weighted by atomic mass is 32.1. The van der Waals surface area contributed by atoms with Gasteiger partial charge in [-0.15, -0.1) is 11.3 Å². The molecule has 7 heteroatoms. The second-order valence-corrected chi connectivity index (χ2v) is 8.79. The van der Waals surface area contributed by atoms with Crippen LogP contribution in [0.2, 0.25) is 0 Å². The molecule has 1 aliphatic heterocycles. The van der Waals surface area contributed by atoms with Crippen molar-refractivity contribution in [2.45, 2.75) is 32.9 Å². The molecule has 0 aliphatic carbocycles. The third-order valence-electron chi connectivity index (χ3n) is 5.16. The maximum atomic E-state index is 13.2. The van der Waals surface area contributed by atoms with E-state index >= 15 is 0 Å². The molecule has 4 rings (SSSR count). The molecule has 1 atom stereocenters. The monoisotopic (exact) mass is 463 g/mol. The number of carbonyl (C=O) groups is 2. The molecule has 33 heavy (non-hydrogen) atoms. The van der Waals surface area contributed by atoms with Gasteiger partial charge in [0.05, 0.1) is 18.3 Å². The molecule has 1 aromatic heterocycles. The maximum absolute atomic E-state index is 13.2. The van der Waals surface area contributed by atoms with Gasteiger partial charge >= 0.3 is 0 Å². The minimum Gasteiger partial charge on any atom is -0.507 e. The second-order valence-electron chi connectivity index (χ2n) is 7.81. The van der Waals surface area contributed by atoms with E-state index in [9.17, 15) is 14.7 Å². The van der Waals surface area contributed by atoms with Crippen LogP contribution in [-0.2, 0) is 9.59 Å². The Labute approximate surface area is 196 Å². The van der Waals surface area contributed by atoms with Gasteiger partial charge < -0.3 is 14.6 Å². The Bertz CT molecular complexity index is 1180. The molecule has 2 heterocycles. The van der Waals surface area contributed by atoms with Crippen molar-refractivity contribution in [1.82, 2.24) is 0 Å². The molecule has 0 saturated carbocycles. The first-order valence-electron chi connectivity index (χ1n) is 10.7. The highest BCUT2D eigenvalue weighted by Gasteiger charge is 2.47. The van der Waals surface area contributed by atoms with Gasteiger partial charge in [0.15, 0.2) is 0 Å². The van der Waals surface area contributed by atoms with Crippen LogP contribution in [0.5, 0.6) is 11.5 Å². The number of amides is 1. The molecule has 1 N–H and O–H groups in total. The van der Waals surface area contributed by atoms with E-state index in [4.69, 9.17) is 9.47 Å². The van der Waals surface area contributed by atoms with Crippen LogP contribution in [-0.4, -0.2) is 29.5 Å². The number of thiophene rings is 1. The number of aliphatic hydroxyl groups excluding tert-OH is 1. The Hall–Kier alpha value is -3.58. The van der Waals surface area contributed by atoms with Crippen molar-refractivity contribution < 1.29 is 24.2 Å². The highest BCUT2D eigenvalue weighted by molar-refractivity contribution is 7.10. The fraction of sp³-hybridized carbons (Fsp3) is 0.231. The van der Waals surface area contributed by atoms with Gasteiger partial charge in [0, 0.05) is 22.2 Å². The number of hydrogen-bond donors (Lipinski definition) is 1. The smallest absolute Gasteiger partial charge is 0.300 e. The molecule has 0 bridgehead atoms. The van der Waals surface area contributed by atoms with Crippen molar-refractivity contribution >= 4 is 34.5 Å². The van der Waals surface area contributed by atoms with Crippen LogP contribution in [0.4, 0.5) is 5.69 Å². The average molecular weight is 464 g/mol. The summed E-state index contributed by atoms with van der Waals surface area (Å²) in [7, 11) is 0. The van der Waals surface area contributed by atoms with E-state index < -0.39 is 17.7 Å². The van der Waals surface area contributed by atoms with E-state index in [0.29, 0.717) is 29.4 Å². The predicted octanol–water partition coefficient (Wildman–Crippen LogP) is 5.56. The number of Topliss-reactive ketones (excluding diaryl/α,β-unsaturated/α-hetero) is 1. The highest BCUT2D eigenvalue weighted by Crippen LogP contribution is 2.44. The molecule has 1 unspecified atom stereocenters. The van der Waals surface area contributed by atoms with Crippen molar-refractivity contribution in [3.05, 3.63) is 82.1 Å². The number of anilines is 1. The fourth-order valence-electron chi connectivity index (χ4n) is 3.82. The Morgan fingerprint density at radius 1 is 1.06 bits per heavy atom. The summed E-state index contributed by atoms with van der Waals surface area (Å²) in [5.74, 6) is -0.378. The average Bonchev–Trinajstić information content (AvgIpc) is 3.41. The number of carbonyl (C=O) groups excluding carboxylic acids is 2. The van der Waals surface area contributed by atoms with Crippen LogP contribution in [0.1, 0.15) is 37.3 Å². The van der Waals surface area contributed by atoms with Crippen LogP contribution < -0.4 is 14.4 Å². The Balaban J connectivity index is 1.81. The fourth-order valence-corrected chi connectivity index (χ4v) is 4.65. The Kier molecular flexibility index (Phi) is 6.51. The first-order valence-corrected chi connectivity index (χ1v) is 11.6. The van der Waals surface area contributed by atoms with Crippen molar-refractivity contribution in [3.63, 3.8) is 0 Å². The summed E-state index contributed by atoms with van der Waals surface area (Å²) in [5, 5.41) is 13.1. The van der Waals surface area contributed by atoms with Crippen molar-refractivity contribution in [2.75, 3.05) is 11.5 Å². The van der Waals surface area contributed by atoms with E-state index in [1.807, 2.05) is 38.3 Å². The van der Waals surface area contributed by atoms with E-state index in [0.717, 1.165) is 4.88 Å². The lowest BCUT2D eigenvalue weighted by Crippen LogP contribution is -2.29. The molecular formula is C26H25NO5S. The number of ketones is 1. The SMILES string of the molecule is CCOc1cccc(N2C(=O)C(=O)/C(=C(\O)c3ccc(OC(C)C)cc3)C2c2cccs2)c1. The first kappa shape index (κ1) is 22.6. The number of rotatable bonds is 7. The summed E-state index contributed by atoms with van der Waals surface area (Å²) in [5.41, 5.74) is 1.02. The number of benzene rings is 2. The number of nitrogens with zero attached hydrogens (tertiary/aromatic N) is 1. The topological polar surface area (TPSA) is 76.1 Å². The van der Waals surface area contributed by atoms with Gasteiger partial charge in [0.1, 0.15) is 23.3 Å². The van der Waals surface area contributed by atoms with Gasteiger partial charge in [-0.2, -0.15) is 0 Å². The summed E-state index contributed by atoms with van der Waals surface area (Å²) in [6, 6.07) is 16.9. The predicted molar refractivity (Wildman–Crippen MR) is 129 cm³/mol. The quantitative estimate of drug-likeness (QED) is 0.282. The van der Waals surface area contributed by atoms with Gasteiger partial charge in [-0.1, -0.05) is 12.1 Å². The summed E-state index contributed by atoms with van der Waals surface area (Å²) >= 11 is 1.42. The van der Waals surface area contributed by atoms with Crippen LogP contribution in [0.3, 0.4) is 0 Å². The second kappa shape index (κ2) is 9.50. The molecule has 6 nitrogen and oxygen atoms in total. The summed E-state index contributed by atoms with van der Waals surface area (Å²) in [4.78, 5) is 28.6. The van der Waals surface area contributed by atoms with E-state index in [1.54, 1.807) is 48.5 Å². The zero-order valence-electron chi connectivity index (χ0n) is 18.6. The standard InChI is InChI=1S/C26H25NO5S/c1-4-31-20-8-5-7-18(15-20)27-23(21-9-6-14-33-21)22(25(29)26(27)30)24(28)17-10-12-19(13-11-17)32-16(2)3/h5-16,23,28H,4H2,1-3H3/b24-22-. The van der Waals surface area contributed by atoms with E-state index in [2.05, 4.69) is 0 Å². The molecule has 0 radical (unpaired) electrons. The Morgan fingerprint density at radius 3 is 2.45 bits per heavy atom. The van der Waals surface area contributed by atoms with Crippen molar-refractivity contribution in [2.24, 2.45) is 0 Å². The Morgan fingerprint density at radius 2 is 1.82 bits per heavy atom. The molecule has 2 aromatic carbocycles. The molecule has 0 spiro atoms. The lowest BCUT2D eigenvalue weighted by molar-refractivity contribution is -0.132. The molecule has 170 valence electrons. The minimum atomic E-state index is -0.742. The van der Waals surface area contributed by atoms with E-state index in [-0.39, 0.29) is 17.4 Å². The van der Waals surface area contributed by atoms with Gasteiger partial charge in [-0.3, -0.25) is 14.5 Å². The summed E-state index contributed by atoms with van der Waals surface area (Å²) in [6.45, 7) is 6.21.